The van der Waals surface area contributed by atoms with Gasteiger partial charge in [-0.05, 0) is 51.7 Å². The number of aromatic nitrogens is 2. The van der Waals surface area contributed by atoms with E-state index in [-0.39, 0.29) is 0 Å². The van der Waals surface area contributed by atoms with Crippen LogP contribution in [0.4, 0.5) is 11.6 Å². The summed E-state index contributed by atoms with van der Waals surface area (Å²) in [5, 5.41) is 6.65. The lowest BCUT2D eigenvalue weighted by molar-refractivity contribution is 0.215. The van der Waals surface area contributed by atoms with Gasteiger partial charge in [0.05, 0.1) is 12.4 Å². The number of anilines is 2. The SMILES string of the molecule is CCCNc1cncc(NCCC2CCN(C)CC2)n1. The second kappa shape index (κ2) is 8.04. The summed E-state index contributed by atoms with van der Waals surface area (Å²) in [6.07, 6.45) is 8.53. The molecular formula is C15H27N5. The van der Waals surface area contributed by atoms with Crippen LogP contribution in [0.5, 0.6) is 0 Å². The van der Waals surface area contributed by atoms with Gasteiger partial charge in [0.2, 0.25) is 0 Å². The first-order chi connectivity index (χ1) is 9.78. The first kappa shape index (κ1) is 15.0. The zero-order valence-corrected chi connectivity index (χ0v) is 12.7. The third kappa shape index (κ3) is 4.96. The number of rotatable bonds is 7. The molecular weight excluding hydrogens is 250 g/mol. The summed E-state index contributed by atoms with van der Waals surface area (Å²) in [5.41, 5.74) is 0. The Hall–Kier alpha value is -1.36. The van der Waals surface area contributed by atoms with Gasteiger partial charge in [0.1, 0.15) is 11.6 Å². The monoisotopic (exact) mass is 277 g/mol. The van der Waals surface area contributed by atoms with Gasteiger partial charge in [-0.2, -0.15) is 0 Å². The zero-order chi connectivity index (χ0) is 14.2. The third-order valence-electron chi connectivity index (χ3n) is 3.89. The highest BCUT2D eigenvalue weighted by atomic mass is 15.1. The van der Waals surface area contributed by atoms with Crippen LogP contribution in [0.3, 0.4) is 0 Å². The number of nitrogens with zero attached hydrogens (tertiary/aromatic N) is 3. The largest absolute Gasteiger partial charge is 0.369 e. The molecule has 0 atom stereocenters. The van der Waals surface area contributed by atoms with Crippen LogP contribution in [-0.2, 0) is 0 Å². The fraction of sp³-hybridized carbons (Fsp3) is 0.733. The fourth-order valence-corrected chi connectivity index (χ4v) is 2.54. The average molecular weight is 277 g/mol. The second-order valence-electron chi connectivity index (χ2n) is 5.68. The van der Waals surface area contributed by atoms with Crippen LogP contribution in [-0.4, -0.2) is 48.1 Å². The van der Waals surface area contributed by atoms with Crippen LogP contribution >= 0.6 is 0 Å². The molecule has 1 aromatic heterocycles. The molecule has 2 rings (SSSR count). The molecule has 112 valence electrons. The number of hydrogen-bond acceptors (Lipinski definition) is 5. The molecule has 0 spiro atoms. The van der Waals surface area contributed by atoms with Gasteiger partial charge >= 0.3 is 0 Å². The van der Waals surface area contributed by atoms with Crippen molar-refractivity contribution < 1.29 is 0 Å². The van der Waals surface area contributed by atoms with E-state index in [1.807, 2.05) is 0 Å². The molecule has 2 heterocycles. The number of nitrogens with one attached hydrogen (secondary N) is 2. The lowest BCUT2D eigenvalue weighted by Gasteiger charge is -2.28. The summed E-state index contributed by atoms with van der Waals surface area (Å²) in [7, 11) is 2.21. The molecule has 1 aromatic rings. The summed E-state index contributed by atoms with van der Waals surface area (Å²) < 4.78 is 0. The van der Waals surface area contributed by atoms with Crippen molar-refractivity contribution in [1.29, 1.82) is 0 Å². The van der Waals surface area contributed by atoms with Crippen molar-refractivity contribution in [2.24, 2.45) is 5.92 Å². The third-order valence-corrected chi connectivity index (χ3v) is 3.89. The van der Waals surface area contributed by atoms with E-state index in [0.717, 1.165) is 37.1 Å². The molecule has 0 bridgehead atoms. The standard InChI is InChI=1S/C15H27N5/c1-3-7-17-14-11-16-12-15(19-14)18-8-4-13-5-9-20(2)10-6-13/h11-13H,3-10H2,1-2H3,(H2,17,18,19). The fourth-order valence-electron chi connectivity index (χ4n) is 2.54. The predicted molar refractivity (Wildman–Crippen MR) is 84.1 cm³/mol. The highest BCUT2D eigenvalue weighted by Crippen LogP contribution is 2.19. The van der Waals surface area contributed by atoms with E-state index in [0.29, 0.717) is 0 Å². The Morgan fingerprint density at radius 1 is 1.15 bits per heavy atom. The molecule has 20 heavy (non-hydrogen) atoms. The van der Waals surface area contributed by atoms with E-state index in [1.54, 1.807) is 12.4 Å². The van der Waals surface area contributed by atoms with Crippen molar-refractivity contribution >= 4 is 11.6 Å². The quantitative estimate of drug-likeness (QED) is 0.802. The van der Waals surface area contributed by atoms with Crippen LogP contribution in [0.1, 0.15) is 32.6 Å². The van der Waals surface area contributed by atoms with E-state index in [2.05, 4.69) is 39.5 Å². The maximum atomic E-state index is 4.51. The van der Waals surface area contributed by atoms with Crippen molar-refractivity contribution in [1.82, 2.24) is 14.9 Å². The van der Waals surface area contributed by atoms with Crippen LogP contribution < -0.4 is 10.6 Å². The van der Waals surface area contributed by atoms with Crippen LogP contribution in [0.2, 0.25) is 0 Å². The van der Waals surface area contributed by atoms with E-state index in [4.69, 9.17) is 0 Å². The van der Waals surface area contributed by atoms with Gasteiger partial charge in [0.25, 0.3) is 0 Å². The summed E-state index contributed by atoms with van der Waals surface area (Å²) in [6.45, 7) is 6.54. The molecule has 0 amide bonds. The molecule has 1 fully saturated rings. The predicted octanol–water partition coefficient (Wildman–Crippen LogP) is 2.44. The maximum absolute atomic E-state index is 4.51. The summed E-state index contributed by atoms with van der Waals surface area (Å²) >= 11 is 0. The molecule has 0 radical (unpaired) electrons. The minimum absolute atomic E-state index is 0.855. The Bertz CT molecular complexity index is 388. The second-order valence-corrected chi connectivity index (χ2v) is 5.68. The highest BCUT2D eigenvalue weighted by molar-refractivity contribution is 5.41. The Morgan fingerprint density at radius 3 is 2.45 bits per heavy atom. The van der Waals surface area contributed by atoms with Crippen LogP contribution in [0, 0.1) is 5.92 Å². The topological polar surface area (TPSA) is 53.1 Å². The smallest absolute Gasteiger partial charge is 0.146 e. The summed E-state index contributed by atoms with van der Waals surface area (Å²) in [6, 6.07) is 0. The Morgan fingerprint density at radius 2 is 1.80 bits per heavy atom. The van der Waals surface area contributed by atoms with Crippen molar-refractivity contribution in [2.45, 2.75) is 32.6 Å². The minimum Gasteiger partial charge on any atom is -0.369 e. The van der Waals surface area contributed by atoms with Gasteiger partial charge in [-0.1, -0.05) is 6.92 Å². The van der Waals surface area contributed by atoms with Crippen LogP contribution in [0.15, 0.2) is 12.4 Å². The summed E-state index contributed by atoms with van der Waals surface area (Å²) in [4.78, 5) is 11.1. The van der Waals surface area contributed by atoms with E-state index < -0.39 is 0 Å². The van der Waals surface area contributed by atoms with Gasteiger partial charge in [-0.3, -0.25) is 4.98 Å². The molecule has 0 saturated carbocycles. The Labute approximate surface area is 122 Å². The average Bonchev–Trinajstić information content (AvgIpc) is 2.48. The molecule has 1 aliphatic rings. The van der Waals surface area contributed by atoms with Crippen molar-refractivity contribution in [3.8, 4) is 0 Å². The number of likely N-dealkylation sites (tertiary alicyclic amines) is 1. The first-order valence-electron chi connectivity index (χ1n) is 7.76. The van der Waals surface area contributed by atoms with E-state index >= 15 is 0 Å². The lowest BCUT2D eigenvalue weighted by Crippen LogP contribution is -2.30. The molecule has 5 heteroatoms. The van der Waals surface area contributed by atoms with Gasteiger partial charge < -0.3 is 15.5 Å². The van der Waals surface area contributed by atoms with Gasteiger partial charge in [-0.15, -0.1) is 0 Å². The van der Waals surface area contributed by atoms with Gasteiger partial charge in [0, 0.05) is 13.1 Å². The Kier molecular flexibility index (Phi) is 6.05. The van der Waals surface area contributed by atoms with Gasteiger partial charge in [0.15, 0.2) is 0 Å². The minimum atomic E-state index is 0.855. The highest BCUT2D eigenvalue weighted by Gasteiger charge is 2.15. The molecule has 5 nitrogen and oxygen atoms in total. The Balaban J connectivity index is 1.70. The van der Waals surface area contributed by atoms with Crippen molar-refractivity contribution in [2.75, 3.05) is 43.9 Å². The molecule has 1 saturated heterocycles. The lowest BCUT2D eigenvalue weighted by atomic mass is 9.94. The number of piperidine rings is 1. The molecule has 0 aliphatic carbocycles. The van der Waals surface area contributed by atoms with E-state index in [9.17, 15) is 0 Å². The molecule has 0 aromatic carbocycles. The number of hydrogen-bond donors (Lipinski definition) is 2. The van der Waals surface area contributed by atoms with Crippen molar-refractivity contribution in [3.05, 3.63) is 12.4 Å². The summed E-state index contributed by atoms with van der Waals surface area (Å²) in [5.74, 6) is 2.59. The van der Waals surface area contributed by atoms with Crippen LogP contribution in [0.25, 0.3) is 0 Å². The van der Waals surface area contributed by atoms with Gasteiger partial charge in [-0.25, -0.2) is 4.98 Å². The molecule has 2 N–H and O–H groups in total. The molecule has 0 unspecified atom stereocenters. The first-order valence-corrected chi connectivity index (χ1v) is 7.76. The molecule has 1 aliphatic heterocycles. The maximum Gasteiger partial charge on any atom is 0.146 e. The normalized spacial score (nSPS) is 17.1. The zero-order valence-electron chi connectivity index (χ0n) is 12.7. The van der Waals surface area contributed by atoms with Crippen molar-refractivity contribution in [3.63, 3.8) is 0 Å². The van der Waals surface area contributed by atoms with E-state index in [1.165, 1.54) is 32.4 Å².